The van der Waals surface area contributed by atoms with E-state index in [0.29, 0.717) is 51.4 Å². The molecule has 3 rings (SSSR count). The Kier molecular flexibility index (Phi) is 8.91. The minimum atomic E-state index is -0.325. The molecule has 1 aromatic heterocycles. The fraction of sp³-hybridized carbons (Fsp3) is 0.261. The van der Waals surface area contributed by atoms with E-state index >= 15 is 0 Å². The Morgan fingerprint density at radius 2 is 1.73 bits per heavy atom. The van der Waals surface area contributed by atoms with Crippen molar-refractivity contribution in [1.82, 2.24) is 15.5 Å². The second kappa shape index (κ2) is 12.1. The minimum absolute atomic E-state index is 0.0431. The quantitative estimate of drug-likeness (QED) is 0.390. The molecule has 0 aliphatic heterocycles. The molecule has 0 radical (unpaired) electrons. The number of halogens is 1. The van der Waals surface area contributed by atoms with Gasteiger partial charge in [0.15, 0.2) is 0 Å². The van der Waals surface area contributed by atoms with E-state index in [1.807, 2.05) is 6.92 Å². The van der Waals surface area contributed by atoms with Crippen LogP contribution < -0.4 is 16.0 Å². The molecule has 0 aliphatic carbocycles. The van der Waals surface area contributed by atoms with E-state index in [1.165, 1.54) is 11.3 Å². The zero-order chi connectivity index (χ0) is 23.6. The van der Waals surface area contributed by atoms with Crippen LogP contribution in [0.25, 0.3) is 0 Å². The van der Waals surface area contributed by atoms with Crippen molar-refractivity contribution in [3.05, 3.63) is 69.7 Å². The first kappa shape index (κ1) is 24.3. The first-order valence-electron chi connectivity index (χ1n) is 10.5. The summed E-state index contributed by atoms with van der Waals surface area (Å²) < 4.78 is 0. The molecule has 1 heterocycles. The van der Waals surface area contributed by atoms with Gasteiger partial charge in [-0.1, -0.05) is 48.4 Å². The van der Waals surface area contributed by atoms with Crippen LogP contribution in [0.3, 0.4) is 0 Å². The Hall–Kier alpha value is -3.30. The van der Waals surface area contributed by atoms with Gasteiger partial charge in [0, 0.05) is 30.6 Å². The summed E-state index contributed by atoms with van der Waals surface area (Å²) in [5.74, 6) is -0.629. The molecule has 3 aromatic rings. The highest BCUT2D eigenvalue weighted by molar-refractivity contribution is 7.15. The largest absolute Gasteiger partial charge is 0.352 e. The topological polar surface area (TPSA) is 113 Å². The number of benzene rings is 2. The lowest BCUT2D eigenvalue weighted by Crippen LogP contribution is -2.25. The lowest BCUT2D eigenvalue weighted by atomic mass is 10.2. The van der Waals surface area contributed by atoms with Gasteiger partial charge in [0.1, 0.15) is 5.01 Å². The molecule has 172 valence electrons. The Balaban J connectivity index is 1.47. The van der Waals surface area contributed by atoms with E-state index in [2.05, 4.69) is 26.1 Å². The summed E-state index contributed by atoms with van der Waals surface area (Å²) in [7, 11) is 0. The van der Waals surface area contributed by atoms with Crippen LogP contribution in [0.4, 0.5) is 10.8 Å². The van der Waals surface area contributed by atoms with E-state index < -0.39 is 0 Å². The average Bonchev–Trinajstić information content (AvgIpc) is 3.25. The molecule has 2 aromatic carbocycles. The predicted molar refractivity (Wildman–Crippen MR) is 130 cm³/mol. The molecule has 0 unspecified atom stereocenters. The highest BCUT2D eigenvalue weighted by Crippen LogP contribution is 2.18. The first-order valence-corrected chi connectivity index (χ1v) is 11.7. The fourth-order valence-electron chi connectivity index (χ4n) is 2.86. The number of nitrogens with zero attached hydrogens (tertiary/aromatic N) is 2. The minimum Gasteiger partial charge on any atom is -0.352 e. The number of amides is 3. The molecule has 0 spiro atoms. The average molecular weight is 486 g/mol. The summed E-state index contributed by atoms with van der Waals surface area (Å²) in [4.78, 5) is 36.4. The van der Waals surface area contributed by atoms with Crippen molar-refractivity contribution in [1.29, 1.82) is 0 Å². The molecule has 10 heteroatoms. The smallest absolute Gasteiger partial charge is 0.257 e. The van der Waals surface area contributed by atoms with Gasteiger partial charge in [0.2, 0.25) is 11.0 Å². The van der Waals surface area contributed by atoms with Gasteiger partial charge in [0.25, 0.3) is 11.8 Å². The highest BCUT2D eigenvalue weighted by Gasteiger charge is 2.12. The monoisotopic (exact) mass is 485 g/mol. The number of rotatable bonds is 10. The van der Waals surface area contributed by atoms with Gasteiger partial charge in [-0.05, 0) is 42.8 Å². The Morgan fingerprint density at radius 1 is 0.970 bits per heavy atom. The Bertz CT molecular complexity index is 1120. The number of nitrogens with one attached hydrogen (secondary N) is 3. The van der Waals surface area contributed by atoms with Crippen LogP contribution >= 0.6 is 22.9 Å². The maximum Gasteiger partial charge on any atom is 0.257 e. The third-order valence-corrected chi connectivity index (χ3v) is 5.85. The summed E-state index contributed by atoms with van der Waals surface area (Å²) in [5.41, 5.74) is 1.49. The van der Waals surface area contributed by atoms with Gasteiger partial charge >= 0.3 is 0 Å². The van der Waals surface area contributed by atoms with E-state index in [4.69, 9.17) is 11.6 Å². The molecule has 0 saturated heterocycles. The van der Waals surface area contributed by atoms with Gasteiger partial charge < -0.3 is 10.6 Å². The number of aromatic nitrogens is 2. The standard InChI is InChI=1S/C23H24ClN5O3S/c1-2-3-8-19(30)26-16-11-9-15(10-12-16)21(31)27-23-29-28-20(33-23)13-14-25-22(32)17-6-4-5-7-18(17)24/h4-7,9-12H,2-3,8,13-14H2,1H3,(H,25,32)(H,26,30)(H,27,29,31). The lowest BCUT2D eigenvalue weighted by Gasteiger charge is -2.06. The van der Waals surface area contributed by atoms with Gasteiger partial charge in [0.05, 0.1) is 10.6 Å². The molecule has 8 nitrogen and oxygen atoms in total. The first-order chi connectivity index (χ1) is 16.0. The molecule has 3 N–H and O–H groups in total. The Labute approximate surface area is 200 Å². The normalized spacial score (nSPS) is 10.5. The summed E-state index contributed by atoms with van der Waals surface area (Å²) in [6.07, 6.45) is 2.74. The second-order valence-corrected chi connectivity index (χ2v) is 8.64. The third-order valence-electron chi connectivity index (χ3n) is 4.62. The van der Waals surface area contributed by atoms with E-state index in [1.54, 1.807) is 48.5 Å². The molecule has 0 aliphatic rings. The number of hydrogen-bond donors (Lipinski definition) is 3. The van der Waals surface area contributed by atoms with E-state index in [9.17, 15) is 14.4 Å². The molecular weight excluding hydrogens is 462 g/mol. The van der Waals surface area contributed by atoms with Crippen molar-refractivity contribution in [2.75, 3.05) is 17.2 Å². The number of carbonyl (C=O) groups excluding carboxylic acids is 3. The van der Waals surface area contributed by atoms with Gasteiger partial charge in [-0.25, -0.2) is 0 Å². The zero-order valence-corrected chi connectivity index (χ0v) is 19.6. The number of hydrogen-bond acceptors (Lipinski definition) is 6. The van der Waals surface area contributed by atoms with Crippen LogP contribution in [0.5, 0.6) is 0 Å². The molecule has 3 amide bonds. The number of anilines is 2. The van der Waals surface area contributed by atoms with Crippen molar-refractivity contribution in [3.8, 4) is 0 Å². The molecule has 0 fully saturated rings. The summed E-state index contributed by atoms with van der Waals surface area (Å²) in [6, 6.07) is 13.5. The maximum atomic E-state index is 12.5. The summed E-state index contributed by atoms with van der Waals surface area (Å²) in [6.45, 7) is 2.39. The van der Waals surface area contributed by atoms with Crippen LogP contribution in [-0.2, 0) is 11.2 Å². The van der Waals surface area contributed by atoms with Gasteiger partial charge in [-0.2, -0.15) is 0 Å². The third kappa shape index (κ3) is 7.37. The number of unbranched alkanes of at least 4 members (excludes halogenated alkanes) is 1. The van der Waals surface area contributed by atoms with Crippen molar-refractivity contribution < 1.29 is 14.4 Å². The molecule has 0 atom stereocenters. The van der Waals surface area contributed by atoms with Crippen LogP contribution in [0.1, 0.15) is 51.9 Å². The van der Waals surface area contributed by atoms with Gasteiger partial charge in [-0.15, -0.1) is 10.2 Å². The molecule has 33 heavy (non-hydrogen) atoms. The Morgan fingerprint density at radius 3 is 2.45 bits per heavy atom. The lowest BCUT2D eigenvalue weighted by molar-refractivity contribution is -0.116. The van der Waals surface area contributed by atoms with Crippen molar-refractivity contribution in [3.63, 3.8) is 0 Å². The molecular formula is C23H24ClN5O3S. The maximum absolute atomic E-state index is 12.5. The van der Waals surface area contributed by atoms with Crippen molar-refractivity contribution >= 4 is 51.5 Å². The van der Waals surface area contributed by atoms with Crippen LogP contribution in [-0.4, -0.2) is 34.5 Å². The van der Waals surface area contributed by atoms with Crippen molar-refractivity contribution in [2.24, 2.45) is 0 Å². The van der Waals surface area contributed by atoms with Crippen LogP contribution in [0.2, 0.25) is 5.02 Å². The fourth-order valence-corrected chi connectivity index (χ4v) is 3.82. The second-order valence-electron chi connectivity index (χ2n) is 7.17. The number of carbonyl (C=O) groups is 3. The SMILES string of the molecule is CCCCC(=O)Nc1ccc(C(=O)Nc2nnc(CCNC(=O)c3ccccc3Cl)s2)cc1. The zero-order valence-electron chi connectivity index (χ0n) is 18.1. The van der Waals surface area contributed by atoms with Crippen LogP contribution in [0.15, 0.2) is 48.5 Å². The molecule has 0 saturated carbocycles. The van der Waals surface area contributed by atoms with E-state index in [0.717, 1.165) is 12.8 Å². The summed E-state index contributed by atoms with van der Waals surface area (Å²) >= 11 is 7.26. The van der Waals surface area contributed by atoms with Gasteiger partial charge in [-0.3, -0.25) is 19.7 Å². The molecule has 0 bridgehead atoms. The summed E-state index contributed by atoms with van der Waals surface area (Å²) in [5, 5.41) is 17.8. The predicted octanol–water partition coefficient (Wildman–Crippen LogP) is 4.55. The van der Waals surface area contributed by atoms with Crippen LogP contribution in [0, 0.1) is 0 Å². The highest BCUT2D eigenvalue weighted by atomic mass is 35.5. The van der Waals surface area contributed by atoms with Crippen molar-refractivity contribution in [2.45, 2.75) is 32.6 Å². The van der Waals surface area contributed by atoms with E-state index in [-0.39, 0.29) is 17.7 Å².